The number of nitrogens with two attached hydrogens (primary N) is 1. The predicted octanol–water partition coefficient (Wildman–Crippen LogP) is 3.46. The summed E-state index contributed by atoms with van der Waals surface area (Å²) in [5.41, 5.74) is 2.88. The molecule has 1 aliphatic rings. The first kappa shape index (κ1) is 23.2. The number of rotatable bonds is 8. The number of unbranched alkanes of at least 4 members (excludes halogenated alkanes) is 1. The summed E-state index contributed by atoms with van der Waals surface area (Å²) in [5.74, 6) is 0.975. The normalized spacial score (nSPS) is 16.1. The Balaban J connectivity index is 1.47. The van der Waals surface area contributed by atoms with Gasteiger partial charge in [0.15, 0.2) is 0 Å². The van der Waals surface area contributed by atoms with E-state index in [1.807, 2.05) is 24.3 Å². The molecule has 0 saturated carbocycles. The zero-order valence-electron chi connectivity index (χ0n) is 18.4. The third-order valence-electron chi connectivity index (χ3n) is 5.99. The fraction of sp³-hybridized carbons (Fsp3) is 0.435. The van der Waals surface area contributed by atoms with E-state index in [2.05, 4.69) is 27.4 Å². The van der Waals surface area contributed by atoms with Crippen molar-refractivity contribution in [1.82, 2.24) is 19.4 Å². The molecule has 0 amide bonds. The first-order valence-electron chi connectivity index (χ1n) is 11.0. The second kappa shape index (κ2) is 9.89. The highest BCUT2D eigenvalue weighted by Crippen LogP contribution is 2.22. The summed E-state index contributed by atoms with van der Waals surface area (Å²) < 4.78 is 25.7. The van der Waals surface area contributed by atoms with Gasteiger partial charge < -0.3 is 4.57 Å². The van der Waals surface area contributed by atoms with Gasteiger partial charge in [-0.2, -0.15) is 0 Å². The Bertz CT molecular complexity index is 1190. The number of nitrogens with zero attached hydrogens (tertiary/aromatic N) is 4. The van der Waals surface area contributed by atoms with Gasteiger partial charge in [-0.3, -0.25) is 9.80 Å². The number of benzene rings is 2. The molecule has 4 rings (SSSR count). The topological polar surface area (TPSA) is 84.5 Å². The Morgan fingerprint density at radius 3 is 2.41 bits per heavy atom. The van der Waals surface area contributed by atoms with Crippen LogP contribution in [0, 0.1) is 0 Å². The lowest BCUT2D eigenvalue weighted by Crippen LogP contribution is -2.45. The largest absolute Gasteiger partial charge is 0.327 e. The first-order chi connectivity index (χ1) is 15.3. The molecule has 2 N–H and O–H groups in total. The molecule has 1 saturated heterocycles. The number of imidazole rings is 1. The standard InChI is InChI=1S/C23H30ClN5O2S/c1-2-3-9-29-22-8-7-20(32(25,30)31)15-21(22)26-23(29)17-28-12-10-27(11-13-28)16-18-5-4-6-19(24)14-18/h4-8,14-15H,2-3,9-13,16-17H2,1H3,(H2,25,30,31). The Hall–Kier alpha value is -1.97. The van der Waals surface area contributed by atoms with Crippen molar-refractivity contribution in [3.63, 3.8) is 0 Å². The molecule has 7 nitrogen and oxygen atoms in total. The van der Waals surface area contributed by atoms with Crippen molar-refractivity contribution < 1.29 is 8.42 Å². The van der Waals surface area contributed by atoms with Crippen LogP contribution in [0.1, 0.15) is 31.2 Å². The van der Waals surface area contributed by atoms with Crippen molar-refractivity contribution in [3.8, 4) is 0 Å². The van der Waals surface area contributed by atoms with Crippen LogP contribution < -0.4 is 5.14 Å². The summed E-state index contributed by atoms with van der Waals surface area (Å²) >= 11 is 6.12. The number of hydrogen-bond donors (Lipinski definition) is 1. The van der Waals surface area contributed by atoms with Crippen molar-refractivity contribution in [2.75, 3.05) is 26.2 Å². The van der Waals surface area contributed by atoms with E-state index >= 15 is 0 Å². The average molecular weight is 476 g/mol. The van der Waals surface area contributed by atoms with E-state index in [9.17, 15) is 8.42 Å². The van der Waals surface area contributed by atoms with Crippen LogP contribution in [0.5, 0.6) is 0 Å². The minimum Gasteiger partial charge on any atom is -0.327 e. The third kappa shape index (κ3) is 5.50. The van der Waals surface area contributed by atoms with Gasteiger partial charge >= 0.3 is 0 Å². The maximum absolute atomic E-state index is 11.8. The average Bonchev–Trinajstić information content (AvgIpc) is 3.09. The molecular formula is C23H30ClN5O2S. The zero-order valence-corrected chi connectivity index (χ0v) is 19.9. The van der Waals surface area contributed by atoms with Gasteiger partial charge in [0.25, 0.3) is 0 Å². The SMILES string of the molecule is CCCCn1c(CN2CCN(Cc3cccc(Cl)c3)CC2)nc2cc(S(N)(=O)=O)ccc21. The molecule has 0 atom stereocenters. The molecule has 0 unspecified atom stereocenters. The molecular weight excluding hydrogens is 446 g/mol. The smallest absolute Gasteiger partial charge is 0.238 e. The lowest BCUT2D eigenvalue weighted by atomic mass is 10.2. The Labute approximate surface area is 194 Å². The Morgan fingerprint density at radius 1 is 1.03 bits per heavy atom. The molecule has 1 aromatic heterocycles. The summed E-state index contributed by atoms with van der Waals surface area (Å²) in [4.78, 5) is 9.77. The molecule has 172 valence electrons. The van der Waals surface area contributed by atoms with Crippen LogP contribution in [-0.4, -0.2) is 53.9 Å². The van der Waals surface area contributed by atoms with Crippen LogP contribution in [0.2, 0.25) is 5.02 Å². The molecule has 1 fully saturated rings. The van der Waals surface area contributed by atoms with Crippen LogP contribution in [-0.2, 0) is 29.7 Å². The maximum atomic E-state index is 11.8. The maximum Gasteiger partial charge on any atom is 0.238 e. The van der Waals surface area contributed by atoms with Crippen LogP contribution in [0.25, 0.3) is 11.0 Å². The van der Waals surface area contributed by atoms with Gasteiger partial charge in [0.1, 0.15) is 5.82 Å². The van der Waals surface area contributed by atoms with Crippen LogP contribution in [0.3, 0.4) is 0 Å². The summed E-state index contributed by atoms with van der Waals surface area (Å²) in [6.45, 7) is 8.56. The molecule has 3 aromatic rings. The van der Waals surface area contributed by atoms with E-state index in [1.165, 1.54) is 5.56 Å². The first-order valence-corrected chi connectivity index (χ1v) is 13.0. The van der Waals surface area contributed by atoms with E-state index < -0.39 is 10.0 Å². The summed E-state index contributed by atoms with van der Waals surface area (Å²) in [6.07, 6.45) is 2.12. The van der Waals surface area contributed by atoms with Crippen molar-refractivity contribution in [2.24, 2.45) is 5.14 Å². The summed E-state index contributed by atoms with van der Waals surface area (Å²) in [5, 5.41) is 6.09. The van der Waals surface area contributed by atoms with E-state index in [0.29, 0.717) is 5.52 Å². The molecule has 32 heavy (non-hydrogen) atoms. The highest BCUT2D eigenvalue weighted by atomic mass is 35.5. The van der Waals surface area contributed by atoms with Gasteiger partial charge in [-0.25, -0.2) is 18.5 Å². The second-order valence-electron chi connectivity index (χ2n) is 8.41. The number of aromatic nitrogens is 2. The van der Waals surface area contributed by atoms with Crippen LogP contribution >= 0.6 is 11.6 Å². The van der Waals surface area contributed by atoms with Gasteiger partial charge in [0.2, 0.25) is 10.0 Å². The molecule has 0 spiro atoms. The number of sulfonamides is 1. The van der Waals surface area contributed by atoms with Gasteiger partial charge in [-0.1, -0.05) is 37.1 Å². The quantitative estimate of drug-likeness (QED) is 0.539. The van der Waals surface area contributed by atoms with Gasteiger partial charge in [-0.05, 0) is 42.3 Å². The Kier molecular flexibility index (Phi) is 7.17. The highest BCUT2D eigenvalue weighted by molar-refractivity contribution is 7.89. The molecule has 1 aliphatic heterocycles. The molecule has 0 bridgehead atoms. The lowest BCUT2D eigenvalue weighted by molar-refractivity contribution is 0.119. The van der Waals surface area contributed by atoms with Crippen molar-refractivity contribution >= 4 is 32.7 Å². The van der Waals surface area contributed by atoms with Gasteiger partial charge in [0.05, 0.1) is 22.5 Å². The fourth-order valence-corrected chi connectivity index (χ4v) is 4.97. The molecule has 0 radical (unpaired) electrons. The van der Waals surface area contributed by atoms with Crippen molar-refractivity contribution in [1.29, 1.82) is 0 Å². The van der Waals surface area contributed by atoms with Crippen LogP contribution in [0.15, 0.2) is 47.4 Å². The van der Waals surface area contributed by atoms with Crippen molar-refractivity contribution in [2.45, 2.75) is 44.3 Å². The second-order valence-corrected chi connectivity index (χ2v) is 10.4. The number of hydrogen-bond acceptors (Lipinski definition) is 5. The number of primary sulfonamides is 1. The summed E-state index contributed by atoms with van der Waals surface area (Å²) in [7, 11) is -3.75. The zero-order chi connectivity index (χ0) is 22.7. The van der Waals surface area contributed by atoms with Crippen molar-refractivity contribution in [3.05, 3.63) is 58.9 Å². The third-order valence-corrected chi connectivity index (χ3v) is 7.13. The summed E-state index contributed by atoms with van der Waals surface area (Å²) in [6, 6.07) is 13.0. The molecule has 9 heteroatoms. The number of halogens is 1. The monoisotopic (exact) mass is 475 g/mol. The fourth-order valence-electron chi connectivity index (χ4n) is 4.22. The number of aryl methyl sites for hydroxylation is 1. The lowest BCUT2D eigenvalue weighted by Gasteiger charge is -2.34. The van der Waals surface area contributed by atoms with Gasteiger partial charge in [-0.15, -0.1) is 0 Å². The van der Waals surface area contributed by atoms with E-state index in [0.717, 1.165) is 75.0 Å². The van der Waals surface area contributed by atoms with E-state index in [1.54, 1.807) is 12.1 Å². The molecule has 0 aliphatic carbocycles. The van der Waals surface area contributed by atoms with E-state index in [4.69, 9.17) is 21.7 Å². The van der Waals surface area contributed by atoms with E-state index in [-0.39, 0.29) is 4.90 Å². The number of piperazine rings is 1. The Morgan fingerprint density at radius 2 is 1.75 bits per heavy atom. The van der Waals surface area contributed by atoms with Crippen LogP contribution in [0.4, 0.5) is 0 Å². The number of fused-ring (bicyclic) bond motifs is 1. The highest BCUT2D eigenvalue weighted by Gasteiger charge is 2.21. The van der Waals surface area contributed by atoms with Gasteiger partial charge in [0, 0.05) is 44.3 Å². The molecule has 2 aromatic carbocycles. The molecule has 2 heterocycles. The predicted molar refractivity (Wildman–Crippen MR) is 128 cm³/mol. The minimum atomic E-state index is -3.75. The minimum absolute atomic E-state index is 0.103.